The van der Waals surface area contributed by atoms with E-state index in [2.05, 4.69) is 15.3 Å². The van der Waals surface area contributed by atoms with Crippen LogP contribution >= 0.6 is 0 Å². The Balaban J connectivity index is 2.25. The van der Waals surface area contributed by atoms with Crippen LogP contribution in [0.25, 0.3) is 0 Å². The van der Waals surface area contributed by atoms with Crippen molar-refractivity contribution in [1.29, 1.82) is 0 Å². The summed E-state index contributed by atoms with van der Waals surface area (Å²) in [6, 6.07) is 4.41. The number of anilines is 1. The summed E-state index contributed by atoms with van der Waals surface area (Å²) in [5.41, 5.74) is 0.672. The number of carbonyl (C=O) groups is 1. The second-order valence-corrected chi connectivity index (χ2v) is 4.02. The first kappa shape index (κ1) is 13.1. The molecule has 6 heteroatoms. The Labute approximate surface area is 108 Å². The highest BCUT2D eigenvalue weighted by Gasteiger charge is 2.12. The van der Waals surface area contributed by atoms with Gasteiger partial charge in [0.25, 0.3) is 5.91 Å². The van der Waals surface area contributed by atoms with Gasteiger partial charge in [0, 0.05) is 11.8 Å². The van der Waals surface area contributed by atoms with Gasteiger partial charge in [-0.3, -0.25) is 4.79 Å². The van der Waals surface area contributed by atoms with E-state index in [1.165, 1.54) is 6.07 Å². The van der Waals surface area contributed by atoms with Crippen molar-refractivity contribution in [3.05, 3.63) is 53.1 Å². The third-order valence-electron chi connectivity index (χ3n) is 2.38. The van der Waals surface area contributed by atoms with Crippen LogP contribution in [0, 0.1) is 25.5 Å². The number of benzene rings is 1. The molecular formula is C13H11F2N3O. The Hall–Kier alpha value is -2.37. The molecule has 1 aromatic carbocycles. The van der Waals surface area contributed by atoms with Crippen molar-refractivity contribution in [2.24, 2.45) is 0 Å². The van der Waals surface area contributed by atoms with Crippen molar-refractivity contribution in [2.75, 3.05) is 5.32 Å². The summed E-state index contributed by atoms with van der Waals surface area (Å²) in [6.07, 6.45) is 0. The van der Waals surface area contributed by atoms with Gasteiger partial charge in [-0.05, 0) is 32.0 Å². The largest absolute Gasteiger partial charge is 0.318 e. The van der Waals surface area contributed by atoms with Crippen LogP contribution in [-0.2, 0) is 0 Å². The third-order valence-corrected chi connectivity index (χ3v) is 2.38. The first-order chi connectivity index (χ1) is 8.95. The number of carbonyl (C=O) groups excluding carboxylic acids is 1. The van der Waals surface area contributed by atoms with Crippen molar-refractivity contribution in [1.82, 2.24) is 9.97 Å². The van der Waals surface area contributed by atoms with Crippen LogP contribution in [0.1, 0.15) is 22.0 Å². The lowest BCUT2D eigenvalue weighted by molar-refractivity contribution is 0.102. The predicted molar refractivity (Wildman–Crippen MR) is 65.8 cm³/mol. The number of halogens is 2. The fourth-order valence-corrected chi connectivity index (χ4v) is 1.61. The molecule has 1 heterocycles. The number of nitrogens with one attached hydrogen (secondary N) is 1. The molecule has 0 atom stereocenters. The molecule has 0 radical (unpaired) electrons. The van der Waals surface area contributed by atoms with E-state index in [-0.39, 0.29) is 11.4 Å². The van der Waals surface area contributed by atoms with Crippen LogP contribution in [0.5, 0.6) is 0 Å². The lowest BCUT2D eigenvalue weighted by Crippen LogP contribution is -2.16. The van der Waals surface area contributed by atoms with Gasteiger partial charge in [0.1, 0.15) is 23.2 Å². The lowest BCUT2D eigenvalue weighted by Gasteiger charge is -2.07. The Bertz CT molecular complexity index is 624. The summed E-state index contributed by atoms with van der Waals surface area (Å²) in [5, 5.41) is 2.34. The van der Waals surface area contributed by atoms with Gasteiger partial charge in [-0.25, -0.2) is 18.7 Å². The summed E-state index contributed by atoms with van der Waals surface area (Å²) in [4.78, 5) is 19.9. The normalized spacial score (nSPS) is 10.3. The van der Waals surface area contributed by atoms with Gasteiger partial charge in [-0.1, -0.05) is 0 Å². The molecule has 0 unspecified atom stereocenters. The summed E-state index contributed by atoms with van der Waals surface area (Å²) < 4.78 is 26.1. The minimum absolute atomic E-state index is 0.0969. The van der Waals surface area contributed by atoms with Gasteiger partial charge < -0.3 is 5.32 Å². The fraction of sp³-hybridized carbons (Fsp3) is 0.154. The topological polar surface area (TPSA) is 54.9 Å². The third kappa shape index (κ3) is 3.09. The smallest absolute Gasteiger partial charge is 0.274 e. The van der Waals surface area contributed by atoms with Gasteiger partial charge in [-0.2, -0.15) is 0 Å². The van der Waals surface area contributed by atoms with Crippen molar-refractivity contribution < 1.29 is 13.6 Å². The zero-order valence-electron chi connectivity index (χ0n) is 10.4. The molecule has 0 aliphatic carbocycles. The van der Waals surface area contributed by atoms with Gasteiger partial charge >= 0.3 is 0 Å². The van der Waals surface area contributed by atoms with Crippen molar-refractivity contribution in [2.45, 2.75) is 13.8 Å². The van der Waals surface area contributed by atoms with E-state index in [4.69, 9.17) is 0 Å². The van der Waals surface area contributed by atoms with Crippen LogP contribution in [0.3, 0.4) is 0 Å². The number of hydrogen-bond acceptors (Lipinski definition) is 3. The van der Waals surface area contributed by atoms with Crippen LogP contribution in [-0.4, -0.2) is 15.9 Å². The summed E-state index contributed by atoms with van der Waals surface area (Å²) in [7, 11) is 0. The first-order valence-electron chi connectivity index (χ1n) is 5.54. The second kappa shape index (κ2) is 5.09. The van der Waals surface area contributed by atoms with E-state index in [1.807, 2.05) is 0 Å². The summed E-state index contributed by atoms with van der Waals surface area (Å²) in [6.45, 7) is 3.38. The second-order valence-electron chi connectivity index (χ2n) is 4.02. The Morgan fingerprint density at radius 3 is 2.53 bits per heavy atom. The van der Waals surface area contributed by atoms with E-state index in [9.17, 15) is 13.6 Å². The minimum atomic E-state index is -0.837. The SMILES string of the molecule is Cc1cc(C(=O)Nc2ccc(F)cc2F)nc(C)n1. The molecule has 0 saturated carbocycles. The standard InChI is InChI=1S/C13H11F2N3O/c1-7-5-12(17-8(2)16-7)13(19)18-11-4-3-9(14)6-10(11)15/h3-6H,1-2H3,(H,18,19). The Morgan fingerprint density at radius 2 is 1.89 bits per heavy atom. The highest BCUT2D eigenvalue weighted by molar-refractivity contribution is 6.02. The van der Waals surface area contributed by atoms with E-state index in [1.54, 1.807) is 13.8 Å². The van der Waals surface area contributed by atoms with Crippen LogP contribution < -0.4 is 5.32 Å². The summed E-state index contributed by atoms with van der Waals surface area (Å²) >= 11 is 0. The average Bonchev–Trinajstić information content (AvgIpc) is 2.31. The molecule has 1 amide bonds. The molecule has 0 spiro atoms. The highest BCUT2D eigenvalue weighted by Crippen LogP contribution is 2.15. The number of aromatic nitrogens is 2. The quantitative estimate of drug-likeness (QED) is 0.906. The number of nitrogens with zero attached hydrogens (tertiary/aromatic N) is 2. The maximum absolute atomic E-state index is 13.4. The average molecular weight is 263 g/mol. The maximum Gasteiger partial charge on any atom is 0.274 e. The molecule has 0 saturated heterocycles. The number of aryl methyl sites for hydroxylation is 2. The maximum atomic E-state index is 13.4. The highest BCUT2D eigenvalue weighted by atomic mass is 19.1. The molecule has 98 valence electrons. The Kier molecular flexibility index (Phi) is 3.50. The summed E-state index contributed by atoms with van der Waals surface area (Å²) in [5.74, 6) is -1.66. The first-order valence-corrected chi connectivity index (χ1v) is 5.54. The molecule has 1 aromatic heterocycles. The molecule has 0 aliphatic rings. The van der Waals surface area contributed by atoms with Crippen molar-refractivity contribution in [3.8, 4) is 0 Å². The van der Waals surface area contributed by atoms with Crippen molar-refractivity contribution in [3.63, 3.8) is 0 Å². The molecule has 0 fully saturated rings. The van der Waals surface area contributed by atoms with E-state index in [0.717, 1.165) is 12.1 Å². The molecule has 2 aromatic rings. The molecule has 1 N–H and O–H groups in total. The number of rotatable bonds is 2. The number of amides is 1. The fourth-order valence-electron chi connectivity index (χ4n) is 1.61. The minimum Gasteiger partial charge on any atom is -0.318 e. The lowest BCUT2D eigenvalue weighted by atomic mass is 10.2. The zero-order valence-corrected chi connectivity index (χ0v) is 10.4. The van der Waals surface area contributed by atoms with E-state index in [0.29, 0.717) is 17.6 Å². The van der Waals surface area contributed by atoms with Gasteiger partial charge in [0.05, 0.1) is 5.69 Å². The van der Waals surface area contributed by atoms with Crippen LogP contribution in [0.4, 0.5) is 14.5 Å². The molecule has 4 nitrogen and oxygen atoms in total. The van der Waals surface area contributed by atoms with Crippen LogP contribution in [0.2, 0.25) is 0 Å². The van der Waals surface area contributed by atoms with Gasteiger partial charge in [0.15, 0.2) is 0 Å². The zero-order chi connectivity index (χ0) is 14.0. The van der Waals surface area contributed by atoms with Crippen LogP contribution in [0.15, 0.2) is 24.3 Å². The molecule has 0 bridgehead atoms. The monoisotopic (exact) mass is 263 g/mol. The molecular weight excluding hydrogens is 252 g/mol. The van der Waals surface area contributed by atoms with E-state index >= 15 is 0 Å². The van der Waals surface area contributed by atoms with Gasteiger partial charge in [-0.15, -0.1) is 0 Å². The Morgan fingerprint density at radius 1 is 1.16 bits per heavy atom. The molecule has 2 rings (SSSR count). The van der Waals surface area contributed by atoms with Crippen molar-refractivity contribution >= 4 is 11.6 Å². The molecule has 19 heavy (non-hydrogen) atoms. The predicted octanol–water partition coefficient (Wildman–Crippen LogP) is 2.62. The van der Waals surface area contributed by atoms with Gasteiger partial charge in [0.2, 0.25) is 0 Å². The molecule has 0 aliphatic heterocycles. The number of hydrogen-bond donors (Lipinski definition) is 1. The van der Waals surface area contributed by atoms with E-state index < -0.39 is 17.5 Å².